The van der Waals surface area contributed by atoms with Crippen molar-refractivity contribution in [2.24, 2.45) is 5.73 Å². The van der Waals surface area contributed by atoms with Crippen molar-refractivity contribution in [2.75, 3.05) is 0 Å². The summed E-state index contributed by atoms with van der Waals surface area (Å²) in [4.78, 5) is 1.31. The van der Waals surface area contributed by atoms with Crippen molar-refractivity contribution in [3.63, 3.8) is 0 Å². The third-order valence-electron chi connectivity index (χ3n) is 2.24. The number of nitrogens with two attached hydrogens (primary N) is 1. The molecule has 2 heteroatoms. The van der Waals surface area contributed by atoms with Gasteiger partial charge in [-0.25, -0.2) is 0 Å². The van der Waals surface area contributed by atoms with Gasteiger partial charge in [-0.15, -0.1) is 11.3 Å². The summed E-state index contributed by atoms with van der Waals surface area (Å²) in [6.45, 7) is 2.00. The minimum Gasteiger partial charge on any atom is -0.324 e. The van der Waals surface area contributed by atoms with Gasteiger partial charge < -0.3 is 5.73 Å². The Morgan fingerprint density at radius 1 is 1.14 bits per heavy atom. The molecule has 1 aromatic carbocycles. The third kappa shape index (κ3) is 1.86. The largest absolute Gasteiger partial charge is 0.324 e. The summed E-state index contributed by atoms with van der Waals surface area (Å²) in [7, 11) is 0. The lowest BCUT2D eigenvalue weighted by atomic mass is 10.1. The first-order valence-corrected chi connectivity index (χ1v) is 5.55. The van der Waals surface area contributed by atoms with E-state index in [1.165, 1.54) is 16.0 Å². The van der Waals surface area contributed by atoms with Crippen LogP contribution in [0.3, 0.4) is 0 Å². The van der Waals surface area contributed by atoms with Crippen LogP contribution in [0.25, 0.3) is 10.4 Å². The van der Waals surface area contributed by atoms with Crippen LogP contribution in [0.1, 0.15) is 18.5 Å². The summed E-state index contributed by atoms with van der Waals surface area (Å²) in [6, 6.07) is 12.8. The fourth-order valence-electron chi connectivity index (χ4n) is 1.39. The van der Waals surface area contributed by atoms with Crippen LogP contribution in [0.15, 0.2) is 41.8 Å². The van der Waals surface area contributed by atoms with E-state index in [0.717, 1.165) is 0 Å². The first-order valence-electron chi connectivity index (χ1n) is 4.67. The van der Waals surface area contributed by atoms with Gasteiger partial charge in [0.25, 0.3) is 0 Å². The third-order valence-corrected chi connectivity index (χ3v) is 3.16. The Hall–Kier alpha value is -1.12. The molecule has 14 heavy (non-hydrogen) atoms. The van der Waals surface area contributed by atoms with Crippen molar-refractivity contribution < 1.29 is 0 Å². The number of hydrogen-bond acceptors (Lipinski definition) is 2. The molecule has 2 N–H and O–H groups in total. The summed E-state index contributed by atoms with van der Waals surface area (Å²) >= 11 is 1.76. The average Bonchev–Trinajstić information content (AvgIpc) is 2.71. The maximum absolute atomic E-state index is 5.79. The monoisotopic (exact) mass is 203 g/mol. The summed E-state index contributed by atoms with van der Waals surface area (Å²) < 4.78 is 0. The Labute approximate surface area is 88.2 Å². The molecular formula is C12H13NS. The molecule has 0 fully saturated rings. The smallest absolute Gasteiger partial charge is 0.0342 e. The first-order chi connectivity index (χ1) is 6.77. The van der Waals surface area contributed by atoms with Crippen LogP contribution in [0, 0.1) is 0 Å². The second-order valence-electron chi connectivity index (χ2n) is 3.39. The van der Waals surface area contributed by atoms with E-state index < -0.39 is 0 Å². The van der Waals surface area contributed by atoms with Gasteiger partial charge in [0.15, 0.2) is 0 Å². The van der Waals surface area contributed by atoms with Gasteiger partial charge in [-0.05, 0) is 29.5 Å². The molecule has 0 aliphatic heterocycles. The molecule has 0 saturated heterocycles. The molecule has 0 unspecified atom stereocenters. The van der Waals surface area contributed by atoms with Crippen LogP contribution in [-0.2, 0) is 0 Å². The van der Waals surface area contributed by atoms with Crippen molar-refractivity contribution in [3.8, 4) is 10.4 Å². The highest BCUT2D eigenvalue weighted by molar-refractivity contribution is 7.13. The minimum absolute atomic E-state index is 0.118. The Bertz CT molecular complexity index is 387. The highest BCUT2D eigenvalue weighted by atomic mass is 32.1. The van der Waals surface area contributed by atoms with Gasteiger partial charge in [-0.1, -0.05) is 30.3 Å². The van der Waals surface area contributed by atoms with Crippen molar-refractivity contribution in [1.29, 1.82) is 0 Å². The van der Waals surface area contributed by atoms with E-state index in [0.29, 0.717) is 0 Å². The molecule has 0 aliphatic rings. The van der Waals surface area contributed by atoms with E-state index in [1.807, 2.05) is 6.92 Å². The summed E-state index contributed by atoms with van der Waals surface area (Å²) in [5, 5.41) is 2.09. The molecule has 0 aliphatic carbocycles. The minimum atomic E-state index is 0.118. The fourth-order valence-corrected chi connectivity index (χ4v) is 2.13. The molecule has 2 aromatic rings. The number of hydrogen-bond donors (Lipinski definition) is 1. The lowest BCUT2D eigenvalue weighted by molar-refractivity contribution is 0.818. The van der Waals surface area contributed by atoms with Gasteiger partial charge in [0.1, 0.15) is 0 Å². The zero-order chi connectivity index (χ0) is 9.97. The van der Waals surface area contributed by atoms with E-state index in [4.69, 9.17) is 5.73 Å². The Kier molecular flexibility index (Phi) is 2.66. The van der Waals surface area contributed by atoms with Crippen LogP contribution < -0.4 is 5.73 Å². The lowest BCUT2D eigenvalue weighted by Crippen LogP contribution is -2.04. The molecule has 1 nitrogen and oxygen atoms in total. The van der Waals surface area contributed by atoms with E-state index in [9.17, 15) is 0 Å². The topological polar surface area (TPSA) is 26.0 Å². The molecule has 0 amide bonds. The second kappa shape index (κ2) is 3.95. The fraction of sp³-hybridized carbons (Fsp3) is 0.167. The highest BCUT2D eigenvalue weighted by Gasteiger charge is 2.00. The van der Waals surface area contributed by atoms with Crippen LogP contribution in [0.5, 0.6) is 0 Å². The Morgan fingerprint density at radius 3 is 2.36 bits per heavy atom. The predicted octanol–water partition coefficient (Wildman–Crippen LogP) is 3.43. The summed E-state index contributed by atoms with van der Waals surface area (Å²) in [5.74, 6) is 0. The van der Waals surface area contributed by atoms with Gasteiger partial charge in [-0.2, -0.15) is 0 Å². The maximum Gasteiger partial charge on any atom is 0.0342 e. The Balaban J connectivity index is 2.31. The second-order valence-corrected chi connectivity index (χ2v) is 4.34. The van der Waals surface area contributed by atoms with Gasteiger partial charge in [0, 0.05) is 10.9 Å². The van der Waals surface area contributed by atoms with E-state index in [-0.39, 0.29) is 6.04 Å². The van der Waals surface area contributed by atoms with Crippen LogP contribution in [0.2, 0.25) is 0 Å². The zero-order valence-electron chi connectivity index (χ0n) is 8.10. The first kappa shape index (κ1) is 9.44. The quantitative estimate of drug-likeness (QED) is 0.795. The molecule has 0 bridgehead atoms. The van der Waals surface area contributed by atoms with Crippen LogP contribution >= 0.6 is 11.3 Å². The molecule has 72 valence electrons. The van der Waals surface area contributed by atoms with Gasteiger partial charge in [0.05, 0.1) is 0 Å². The summed E-state index contributed by atoms with van der Waals surface area (Å²) in [5.41, 5.74) is 8.24. The molecule has 1 aromatic heterocycles. The number of thiophene rings is 1. The predicted molar refractivity (Wildman–Crippen MR) is 62.4 cm³/mol. The standard InChI is InChI=1S/C12H13NS/c1-9(13)10-4-6-11(7-5-10)12-3-2-8-14-12/h2-9H,13H2,1H3/t9-/m1/s1. The van der Waals surface area contributed by atoms with Crippen molar-refractivity contribution >= 4 is 11.3 Å². The van der Waals surface area contributed by atoms with E-state index in [1.54, 1.807) is 11.3 Å². The molecule has 0 radical (unpaired) electrons. The Morgan fingerprint density at radius 2 is 1.86 bits per heavy atom. The molecule has 0 spiro atoms. The van der Waals surface area contributed by atoms with Crippen molar-refractivity contribution in [2.45, 2.75) is 13.0 Å². The SMILES string of the molecule is C[C@@H](N)c1ccc(-c2cccs2)cc1. The van der Waals surface area contributed by atoms with Crippen molar-refractivity contribution in [3.05, 3.63) is 47.3 Å². The number of rotatable bonds is 2. The molecule has 1 heterocycles. The van der Waals surface area contributed by atoms with Crippen LogP contribution in [0.4, 0.5) is 0 Å². The number of benzene rings is 1. The maximum atomic E-state index is 5.79. The summed E-state index contributed by atoms with van der Waals surface area (Å²) in [6.07, 6.45) is 0. The highest BCUT2D eigenvalue weighted by Crippen LogP contribution is 2.25. The molecular weight excluding hydrogens is 190 g/mol. The normalized spacial score (nSPS) is 12.7. The molecule has 0 saturated carbocycles. The average molecular weight is 203 g/mol. The van der Waals surface area contributed by atoms with E-state index >= 15 is 0 Å². The molecule has 1 atom stereocenters. The van der Waals surface area contributed by atoms with Crippen LogP contribution in [-0.4, -0.2) is 0 Å². The zero-order valence-corrected chi connectivity index (χ0v) is 8.92. The van der Waals surface area contributed by atoms with Gasteiger partial charge in [0.2, 0.25) is 0 Å². The van der Waals surface area contributed by atoms with E-state index in [2.05, 4.69) is 41.8 Å². The van der Waals surface area contributed by atoms with Gasteiger partial charge in [-0.3, -0.25) is 0 Å². The van der Waals surface area contributed by atoms with Crippen molar-refractivity contribution in [1.82, 2.24) is 0 Å². The molecule has 2 rings (SSSR count). The van der Waals surface area contributed by atoms with Gasteiger partial charge >= 0.3 is 0 Å². The lowest BCUT2D eigenvalue weighted by Gasteiger charge is -2.05.